The normalized spacial score (nSPS) is 13.3. The molecule has 1 aliphatic rings. The lowest BCUT2D eigenvalue weighted by molar-refractivity contribution is -0.114. The number of carbonyl (C=O) groups excluding carboxylic acids is 3. The Kier molecular flexibility index (Phi) is 8.84. The van der Waals surface area contributed by atoms with E-state index in [1.54, 1.807) is 61.8 Å². The third-order valence-corrected chi connectivity index (χ3v) is 6.91. The molecule has 1 unspecified atom stereocenters. The maximum atomic E-state index is 12.7. The summed E-state index contributed by atoms with van der Waals surface area (Å²) in [5, 5.41) is 19.0. The third-order valence-electron chi connectivity index (χ3n) is 6.68. The largest absolute Gasteiger partial charge is 0.497 e. The third kappa shape index (κ3) is 6.74. The maximum absolute atomic E-state index is 12.7. The molecule has 0 aliphatic carbocycles. The molecule has 0 spiro atoms. The number of benzene rings is 3. The summed E-state index contributed by atoms with van der Waals surface area (Å²) in [6.07, 6.45) is 3.79. The number of fused-ring (bicyclic) bond motifs is 1. The molecule has 1 aliphatic heterocycles. The standard InChI is InChI=1S/C31H27ClN4O7/c1-41-24-9-10-25(29(14-24)42-2)28(38)12-5-19-3-7-23(8-4-19)43-18-21-15-35(34-33-21)16-22(37)17-36-27-11-6-20(32)13-26(27)30(39)31(36)40/h3-15,22,37H,16-18H2,1-2H3/b12-5+. The Morgan fingerprint density at radius 3 is 2.51 bits per heavy atom. The van der Waals surface area contributed by atoms with E-state index in [0.29, 0.717) is 39.2 Å². The predicted octanol–water partition coefficient (Wildman–Crippen LogP) is 4.01. The van der Waals surface area contributed by atoms with Gasteiger partial charge in [-0.05, 0) is 54.1 Å². The van der Waals surface area contributed by atoms with Gasteiger partial charge in [0.25, 0.3) is 11.7 Å². The summed E-state index contributed by atoms with van der Waals surface area (Å²) >= 11 is 5.95. The van der Waals surface area contributed by atoms with E-state index in [-0.39, 0.29) is 31.0 Å². The maximum Gasteiger partial charge on any atom is 0.299 e. The van der Waals surface area contributed by atoms with Crippen LogP contribution in [0.5, 0.6) is 17.2 Å². The average Bonchev–Trinajstić information content (AvgIpc) is 3.56. The van der Waals surface area contributed by atoms with Crippen LogP contribution in [0.4, 0.5) is 5.69 Å². The zero-order valence-electron chi connectivity index (χ0n) is 23.3. The molecule has 12 heteroatoms. The van der Waals surface area contributed by atoms with E-state index < -0.39 is 17.8 Å². The second-order valence-electron chi connectivity index (χ2n) is 9.61. The number of hydrogen-bond donors (Lipinski definition) is 1. The first kappa shape index (κ1) is 29.5. The van der Waals surface area contributed by atoms with Crippen molar-refractivity contribution in [1.82, 2.24) is 15.0 Å². The predicted molar refractivity (Wildman–Crippen MR) is 158 cm³/mol. The number of halogens is 1. The molecule has 0 saturated heterocycles. The lowest BCUT2D eigenvalue weighted by atomic mass is 10.1. The highest BCUT2D eigenvalue weighted by Gasteiger charge is 2.36. The minimum absolute atomic E-state index is 0.0516. The molecule has 4 aromatic rings. The molecule has 5 rings (SSSR count). The topological polar surface area (TPSA) is 133 Å². The number of ether oxygens (including phenoxy) is 3. The van der Waals surface area contributed by atoms with Gasteiger partial charge in [-0.15, -0.1) is 5.10 Å². The van der Waals surface area contributed by atoms with E-state index in [2.05, 4.69) is 10.3 Å². The Morgan fingerprint density at radius 2 is 1.77 bits per heavy atom. The molecule has 1 N–H and O–H groups in total. The van der Waals surface area contributed by atoms with E-state index in [1.807, 2.05) is 12.1 Å². The molecule has 2 heterocycles. The van der Waals surface area contributed by atoms with Crippen LogP contribution >= 0.6 is 11.6 Å². The van der Waals surface area contributed by atoms with Gasteiger partial charge in [-0.2, -0.15) is 0 Å². The number of hydrogen-bond acceptors (Lipinski definition) is 9. The van der Waals surface area contributed by atoms with Crippen molar-refractivity contribution < 1.29 is 33.7 Å². The van der Waals surface area contributed by atoms with Gasteiger partial charge < -0.3 is 24.2 Å². The van der Waals surface area contributed by atoms with E-state index in [4.69, 9.17) is 25.8 Å². The number of allylic oxidation sites excluding steroid dienone is 1. The molecule has 1 aromatic heterocycles. The number of anilines is 1. The van der Waals surface area contributed by atoms with Gasteiger partial charge >= 0.3 is 0 Å². The van der Waals surface area contributed by atoms with Gasteiger partial charge in [-0.3, -0.25) is 14.4 Å². The molecule has 0 radical (unpaired) electrons. The van der Waals surface area contributed by atoms with E-state index in [9.17, 15) is 19.5 Å². The number of ketones is 2. The van der Waals surface area contributed by atoms with Crippen LogP contribution in [-0.2, 0) is 17.9 Å². The van der Waals surface area contributed by atoms with E-state index in [1.165, 1.54) is 28.8 Å². The van der Waals surface area contributed by atoms with Crippen molar-refractivity contribution in [2.75, 3.05) is 25.7 Å². The van der Waals surface area contributed by atoms with Crippen molar-refractivity contribution in [2.45, 2.75) is 19.3 Å². The summed E-state index contributed by atoms with van der Waals surface area (Å²) in [5.41, 5.74) is 2.39. The van der Waals surface area contributed by atoms with Crippen LogP contribution in [0.3, 0.4) is 0 Å². The van der Waals surface area contributed by atoms with E-state index in [0.717, 1.165) is 5.56 Å². The van der Waals surface area contributed by atoms with E-state index >= 15 is 0 Å². The fourth-order valence-corrected chi connectivity index (χ4v) is 4.70. The fraction of sp³-hybridized carbons (Fsp3) is 0.194. The SMILES string of the molecule is COc1ccc(C(=O)/C=C/c2ccc(OCc3cn(CC(O)CN4C(=O)C(=O)c5cc(Cl)ccc54)nn3)cc2)c(OC)c1. The highest BCUT2D eigenvalue weighted by atomic mass is 35.5. The van der Waals surface area contributed by atoms with Crippen molar-refractivity contribution in [3.63, 3.8) is 0 Å². The van der Waals surface area contributed by atoms with Crippen molar-refractivity contribution in [3.8, 4) is 17.2 Å². The van der Waals surface area contributed by atoms with Gasteiger partial charge in [-0.1, -0.05) is 35.0 Å². The summed E-state index contributed by atoms with van der Waals surface area (Å²) in [6, 6.07) is 16.8. The zero-order chi connectivity index (χ0) is 30.5. The first-order valence-corrected chi connectivity index (χ1v) is 13.5. The number of β-amino-alcohol motifs (C(OH)–C–C–N with tert-alkyl or cyclic N) is 1. The number of rotatable bonds is 12. The van der Waals surface area contributed by atoms with Crippen molar-refractivity contribution in [2.24, 2.45) is 0 Å². The molecule has 3 aromatic carbocycles. The molecular formula is C31H27ClN4O7. The van der Waals surface area contributed by atoms with Crippen LogP contribution < -0.4 is 19.1 Å². The Morgan fingerprint density at radius 1 is 1.00 bits per heavy atom. The molecule has 43 heavy (non-hydrogen) atoms. The van der Waals surface area contributed by atoms with Crippen molar-refractivity contribution in [1.29, 1.82) is 0 Å². The van der Waals surface area contributed by atoms with Crippen molar-refractivity contribution >= 4 is 40.8 Å². The van der Waals surface area contributed by atoms with Gasteiger partial charge in [0, 0.05) is 11.1 Å². The second kappa shape index (κ2) is 12.9. The molecule has 0 bridgehead atoms. The summed E-state index contributed by atoms with van der Waals surface area (Å²) in [5.74, 6) is 0.0410. The Hall–Kier alpha value is -5.00. The lowest BCUT2D eigenvalue weighted by Gasteiger charge is -2.20. The number of carbonyl (C=O) groups is 3. The molecule has 1 amide bonds. The average molecular weight is 603 g/mol. The molecule has 220 valence electrons. The van der Waals surface area contributed by atoms with Crippen LogP contribution in [0.2, 0.25) is 5.02 Å². The highest BCUT2D eigenvalue weighted by molar-refractivity contribution is 6.52. The first-order chi connectivity index (χ1) is 20.7. The quantitative estimate of drug-likeness (QED) is 0.145. The molecule has 0 saturated carbocycles. The fourth-order valence-electron chi connectivity index (χ4n) is 4.53. The van der Waals surface area contributed by atoms with Crippen LogP contribution in [0.15, 0.2) is 72.9 Å². The number of nitrogens with zero attached hydrogens (tertiary/aromatic N) is 4. The minimum Gasteiger partial charge on any atom is -0.497 e. The number of aliphatic hydroxyl groups is 1. The lowest BCUT2D eigenvalue weighted by Crippen LogP contribution is -2.38. The Bertz CT molecular complexity index is 1700. The Labute approximate surface area is 251 Å². The van der Waals surface area contributed by atoms with Crippen LogP contribution in [0, 0.1) is 0 Å². The minimum atomic E-state index is -1.01. The van der Waals surface area contributed by atoms with Gasteiger partial charge in [0.1, 0.15) is 29.5 Å². The van der Waals surface area contributed by atoms with Crippen molar-refractivity contribution in [3.05, 3.63) is 100 Å². The summed E-state index contributed by atoms with van der Waals surface area (Å²) < 4.78 is 17.7. The monoisotopic (exact) mass is 602 g/mol. The van der Waals surface area contributed by atoms with Gasteiger partial charge in [-0.25, -0.2) is 4.68 Å². The van der Waals surface area contributed by atoms with Crippen LogP contribution in [0.1, 0.15) is 32.0 Å². The smallest absolute Gasteiger partial charge is 0.299 e. The highest BCUT2D eigenvalue weighted by Crippen LogP contribution is 2.31. The zero-order valence-corrected chi connectivity index (χ0v) is 24.0. The molecule has 1 atom stereocenters. The van der Waals surface area contributed by atoms with Crippen LogP contribution in [0.25, 0.3) is 6.08 Å². The number of methoxy groups -OCH3 is 2. The number of amides is 1. The van der Waals surface area contributed by atoms with Gasteiger partial charge in [0.05, 0.1) is 56.4 Å². The molecule has 0 fully saturated rings. The number of aliphatic hydroxyl groups excluding tert-OH is 1. The van der Waals surface area contributed by atoms with Gasteiger partial charge in [0.2, 0.25) is 0 Å². The number of aromatic nitrogens is 3. The summed E-state index contributed by atoms with van der Waals surface area (Å²) in [4.78, 5) is 38.6. The second-order valence-corrected chi connectivity index (χ2v) is 10.1. The Balaban J connectivity index is 1.12. The van der Waals surface area contributed by atoms with Gasteiger partial charge in [0.15, 0.2) is 5.78 Å². The summed E-state index contributed by atoms with van der Waals surface area (Å²) in [7, 11) is 3.04. The molecule has 11 nitrogen and oxygen atoms in total. The summed E-state index contributed by atoms with van der Waals surface area (Å²) in [6.45, 7) is 0.0925. The first-order valence-electron chi connectivity index (χ1n) is 13.2. The van der Waals surface area contributed by atoms with Crippen LogP contribution in [-0.4, -0.2) is 64.4 Å². The number of Topliss-reactive ketones (excluding diaryl/α,β-unsaturated/α-hetero) is 1. The molecular weight excluding hydrogens is 576 g/mol.